The summed E-state index contributed by atoms with van der Waals surface area (Å²) in [5.74, 6) is 0. The quantitative estimate of drug-likeness (QED) is 0.117. The van der Waals surface area contributed by atoms with Crippen LogP contribution in [0.25, 0.3) is 0 Å². The fourth-order valence-corrected chi connectivity index (χ4v) is 18.1. The molecule has 0 rings (SSSR count). The molecule has 0 aliphatic carbocycles. The van der Waals surface area contributed by atoms with Gasteiger partial charge in [0, 0.05) is 0 Å². The van der Waals surface area contributed by atoms with Crippen molar-refractivity contribution in [2.75, 3.05) is 6.61 Å². The molecule has 0 bridgehead atoms. The van der Waals surface area contributed by atoms with Gasteiger partial charge >= 0.3 is 158 Å². The first-order chi connectivity index (χ1) is 11.7. The van der Waals surface area contributed by atoms with Crippen molar-refractivity contribution in [2.45, 2.75) is 118 Å². The molecule has 0 N–H and O–H groups in total. The van der Waals surface area contributed by atoms with E-state index in [9.17, 15) is 0 Å². The van der Waals surface area contributed by atoms with Crippen molar-refractivity contribution in [3.8, 4) is 0 Å². The summed E-state index contributed by atoms with van der Waals surface area (Å²) in [5.41, 5.74) is 0. The maximum absolute atomic E-state index is 6.30. The van der Waals surface area contributed by atoms with Gasteiger partial charge in [-0.05, 0) is 0 Å². The molecular weight excluding hydrogens is 399 g/mol. The Kier molecular flexibility index (Phi) is 17.0. The van der Waals surface area contributed by atoms with Crippen LogP contribution < -0.4 is 0 Å². The summed E-state index contributed by atoms with van der Waals surface area (Å²) in [6.45, 7) is 14.7. The molecule has 0 spiro atoms. The zero-order valence-corrected chi connectivity index (χ0v) is 20.3. The van der Waals surface area contributed by atoms with E-state index < -0.39 is 18.4 Å². The molecule has 0 aliphatic rings. The van der Waals surface area contributed by atoms with E-state index in [4.69, 9.17) is 4.74 Å². The van der Waals surface area contributed by atoms with Crippen LogP contribution in [0.15, 0.2) is 10.4 Å². The van der Waals surface area contributed by atoms with E-state index in [0.717, 1.165) is 6.61 Å². The third-order valence-electron chi connectivity index (χ3n) is 5.39. The third kappa shape index (κ3) is 11.1. The average Bonchev–Trinajstić information content (AvgIpc) is 2.60. The maximum atomic E-state index is 6.30. The molecule has 2 heteroatoms. The Bertz CT molecular complexity index is 266. The molecule has 0 heterocycles. The first kappa shape index (κ1) is 24.3. The molecule has 0 aromatic heterocycles. The van der Waals surface area contributed by atoms with Gasteiger partial charge in [-0.1, -0.05) is 0 Å². The number of hydrogen-bond acceptors (Lipinski definition) is 1. The molecule has 0 fully saturated rings. The first-order valence-corrected chi connectivity index (χ1v) is 18.5. The summed E-state index contributed by atoms with van der Waals surface area (Å²) >= 11 is -2.33. The summed E-state index contributed by atoms with van der Waals surface area (Å²) < 4.78 is 12.0. The molecule has 0 atom stereocenters. The summed E-state index contributed by atoms with van der Waals surface area (Å²) in [7, 11) is 0. The second kappa shape index (κ2) is 16.8. The Morgan fingerprint density at radius 3 is 1.50 bits per heavy atom. The van der Waals surface area contributed by atoms with Crippen molar-refractivity contribution in [2.24, 2.45) is 0 Å². The van der Waals surface area contributed by atoms with E-state index in [-0.39, 0.29) is 0 Å². The fraction of sp³-hybridized carbons (Fsp3) is 0.909. The van der Waals surface area contributed by atoms with Crippen LogP contribution in [-0.2, 0) is 4.74 Å². The summed E-state index contributed by atoms with van der Waals surface area (Å²) in [6, 6.07) is 0. The predicted octanol–water partition coefficient (Wildman–Crippen LogP) is 8.27. The van der Waals surface area contributed by atoms with Crippen molar-refractivity contribution in [3.63, 3.8) is 0 Å². The van der Waals surface area contributed by atoms with Gasteiger partial charge < -0.3 is 0 Å². The molecule has 144 valence electrons. The molecule has 1 nitrogen and oxygen atoms in total. The zero-order valence-electron chi connectivity index (χ0n) is 17.4. The second-order valence-corrected chi connectivity index (χ2v) is 20.8. The molecule has 0 aromatic carbocycles. The minimum atomic E-state index is -2.33. The van der Waals surface area contributed by atoms with E-state index in [0.29, 0.717) is 0 Å². The van der Waals surface area contributed by atoms with Crippen LogP contribution in [0.5, 0.6) is 0 Å². The Balaban J connectivity index is 4.45. The van der Waals surface area contributed by atoms with Crippen LogP contribution in [0.4, 0.5) is 0 Å². The number of ether oxygens (including phenoxy) is 1. The van der Waals surface area contributed by atoms with Crippen LogP contribution in [0.1, 0.15) is 105 Å². The van der Waals surface area contributed by atoms with E-state index in [1.807, 2.05) is 0 Å². The molecule has 0 unspecified atom stereocenters. The fourth-order valence-electron chi connectivity index (χ4n) is 3.57. The molecule has 0 amide bonds. The Hall–Kier alpha value is 0.339. The van der Waals surface area contributed by atoms with Gasteiger partial charge in [-0.15, -0.1) is 0 Å². The van der Waals surface area contributed by atoms with Gasteiger partial charge in [0.1, 0.15) is 0 Å². The van der Waals surface area contributed by atoms with Crippen molar-refractivity contribution in [3.05, 3.63) is 10.4 Å². The Morgan fingerprint density at radius 1 is 0.625 bits per heavy atom. The van der Waals surface area contributed by atoms with Crippen LogP contribution in [0.2, 0.25) is 13.3 Å². The van der Waals surface area contributed by atoms with Crippen LogP contribution >= 0.6 is 0 Å². The molecule has 24 heavy (non-hydrogen) atoms. The standard InChI is InChI=1S/C10H19O.3C4H9.Sn/c1-3-5-6-7-8-9-10-11-4-2;3*1-3-4-2;/h2-3,5-10H2,1H3;3*1,3-4H2,2H3;. The van der Waals surface area contributed by atoms with Gasteiger partial charge in [-0.25, -0.2) is 0 Å². The normalized spacial score (nSPS) is 11.7. The molecule has 0 aliphatic heterocycles. The number of unbranched alkanes of at least 4 members (excludes halogenated alkanes) is 8. The first-order valence-electron chi connectivity index (χ1n) is 11.0. The number of hydrogen-bond donors (Lipinski definition) is 0. The Morgan fingerprint density at radius 2 is 1.04 bits per heavy atom. The molecule has 0 aromatic rings. The summed E-state index contributed by atoms with van der Waals surface area (Å²) in [6.07, 6.45) is 16.2. The molecule has 0 saturated heterocycles. The second-order valence-electron chi connectivity index (χ2n) is 7.63. The summed E-state index contributed by atoms with van der Waals surface area (Å²) in [5, 5.41) is 0. The van der Waals surface area contributed by atoms with Crippen molar-refractivity contribution in [1.29, 1.82) is 0 Å². The zero-order chi connectivity index (χ0) is 18.1. The average molecular weight is 445 g/mol. The van der Waals surface area contributed by atoms with Crippen LogP contribution in [-0.4, -0.2) is 25.0 Å². The van der Waals surface area contributed by atoms with Crippen molar-refractivity contribution in [1.82, 2.24) is 0 Å². The third-order valence-corrected chi connectivity index (χ3v) is 20.4. The molecular formula is C22H46OSn. The minimum absolute atomic E-state index is 0.925. The van der Waals surface area contributed by atoms with E-state index >= 15 is 0 Å². The molecule has 0 radical (unpaired) electrons. The summed E-state index contributed by atoms with van der Waals surface area (Å²) in [4.78, 5) is 0. The SMILES string of the molecule is C=[C](OCCCCCCCC)[Sn]([CH2]CCC)([CH2]CCC)[CH2]CCC. The van der Waals surface area contributed by atoms with Crippen molar-refractivity contribution >= 4 is 18.4 Å². The number of rotatable bonds is 18. The van der Waals surface area contributed by atoms with Crippen LogP contribution in [0, 0.1) is 0 Å². The van der Waals surface area contributed by atoms with Crippen molar-refractivity contribution < 1.29 is 4.74 Å². The van der Waals surface area contributed by atoms with E-state index in [1.54, 1.807) is 0 Å². The van der Waals surface area contributed by atoms with Gasteiger partial charge in [0.2, 0.25) is 0 Å². The Labute approximate surface area is 157 Å². The predicted molar refractivity (Wildman–Crippen MR) is 113 cm³/mol. The van der Waals surface area contributed by atoms with E-state index in [2.05, 4.69) is 34.3 Å². The van der Waals surface area contributed by atoms with Gasteiger partial charge in [0.15, 0.2) is 0 Å². The topological polar surface area (TPSA) is 9.23 Å². The molecule has 0 saturated carbocycles. The van der Waals surface area contributed by atoms with Crippen LogP contribution in [0.3, 0.4) is 0 Å². The van der Waals surface area contributed by atoms with E-state index in [1.165, 1.54) is 94.1 Å². The monoisotopic (exact) mass is 446 g/mol. The van der Waals surface area contributed by atoms with Gasteiger partial charge in [-0.3, -0.25) is 0 Å². The van der Waals surface area contributed by atoms with Gasteiger partial charge in [-0.2, -0.15) is 0 Å². The van der Waals surface area contributed by atoms with Gasteiger partial charge in [0.25, 0.3) is 0 Å². The van der Waals surface area contributed by atoms with Gasteiger partial charge in [0.05, 0.1) is 0 Å².